The van der Waals surface area contributed by atoms with E-state index < -0.39 is 20.9 Å². The number of pyridine rings is 1. The summed E-state index contributed by atoms with van der Waals surface area (Å²) in [6.07, 6.45) is 1.23. The molecule has 1 heterocycles. The van der Waals surface area contributed by atoms with Crippen LogP contribution < -0.4 is 0 Å². The van der Waals surface area contributed by atoms with E-state index in [-0.39, 0.29) is 12.4 Å². The summed E-state index contributed by atoms with van der Waals surface area (Å²) in [6, 6.07) is 2.38. The number of hydrogen-bond donors (Lipinski definition) is 0. The molecule has 0 aliphatic heterocycles. The Hall–Kier alpha value is -0.720. The molecule has 0 spiro atoms. The number of halogens is 2. The van der Waals surface area contributed by atoms with Crippen molar-refractivity contribution >= 4 is 21.6 Å². The van der Waals surface area contributed by atoms with Gasteiger partial charge in [0, 0.05) is 25.7 Å². The fraction of sp³-hybridized carbons (Fsp3) is 0.375. The lowest BCUT2D eigenvalue weighted by atomic mass is 10.5. The van der Waals surface area contributed by atoms with Gasteiger partial charge in [-0.25, -0.2) is 17.8 Å². The standard InChI is InChI=1S/C8H10ClFN2O2S/c1-12(6-4-9)15(13,14)8-7(10)3-2-5-11-8/h2-3,5H,4,6H2,1H3. The molecule has 7 heteroatoms. The summed E-state index contributed by atoms with van der Waals surface area (Å²) < 4.78 is 37.6. The van der Waals surface area contributed by atoms with Crippen LogP contribution in [0.5, 0.6) is 0 Å². The van der Waals surface area contributed by atoms with Crippen LogP contribution >= 0.6 is 11.6 Å². The van der Waals surface area contributed by atoms with Crippen LogP contribution in [0.1, 0.15) is 0 Å². The third kappa shape index (κ3) is 2.64. The predicted molar refractivity (Wildman–Crippen MR) is 54.7 cm³/mol. The monoisotopic (exact) mass is 252 g/mol. The third-order valence-corrected chi connectivity index (χ3v) is 3.74. The Morgan fingerprint density at radius 1 is 1.60 bits per heavy atom. The molecular formula is C8H10ClFN2O2S. The number of rotatable bonds is 4. The minimum atomic E-state index is -3.87. The second-order valence-corrected chi connectivity index (χ2v) is 5.14. The maximum atomic E-state index is 13.2. The van der Waals surface area contributed by atoms with E-state index in [0.29, 0.717) is 0 Å². The van der Waals surface area contributed by atoms with Crippen molar-refractivity contribution in [1.29, 1.82) is 0 Å². The number of alkyl halides is 1. The van der Waals surface area contributed by atoms with Crippen molar-refractivity contribution in [3.8, 4) is 0 Å². The maximum absolute atomic E-state index is 13.2. The second kappa shape index (κ2) is 4.87. The summed E-state index contributed by atoms with van der Waals surface area (Å²) in [4.78, 5) is 3.51. The van der Waals surface area contributed by atoms with E-state index >= 15 is 0 Å². The quantitative estimate of drug-likeness (QED) is 0.754. The number of nitrogens with zero attached hydrogens (tertiary/aromatic N) is 2. The fourth-order valence-electron chi connectivity index (χ4n) is 0.948. The van der Waals surface area contributed by atoms with Crippen LogP contribution in [0.3, 0.4) is 0 Å². The van der Waals surface area contributed by atoms with Crippen molar-refractivity contribution in [3.05, 3.63) is 24.1 Å². The van der Waals surface area contributed by atoms with Crippen molar-refractivity contribution in [3.63, 3.8) is 0 Å². The predicted octanol–water partition coefficient (Wildman–Crippen LogP) is 1.08. The Labute approximate surface area is 92.7 Å². The van der Waals surface area contributed by atoms with E-state index in [1.54, 1.807) is 0 Å². The third-order valence-electron chi connectivity index (χ3n) is 1.78. The van der Waals surface area contributed by atoms with Gasteiger partial charge in [0.05, 0.1) is 0 Å². The Balaban J connectivity index is 3.12. The highest BCUT2D eigenvalue weighted by atomic mass is 35.5. The molecule has 0 saturated heterocycles. The molecule has 0 unspecified atom stereocenters. The first kappa shape index (κ1) is 12.4. The summed E-state index contributed by atoms with van der Waals surface area (Å²) >= 11 is 5.41. The maximum Gasteiger partial charge on any atom is 0.263 e. The first-order valence-corrected chi connectivity index (χ1v) is 6.10. The number of hydrogen-bond acceptors (Lipinski definition) is 3. The summed E-state index contributed by atoms with van der Waals surface area (Å²) in [6.45, 7) is 0.111. The van der Waals surface area contributed by atoms with Gasteiger partial charge in [-0.15, -0.1) is 11.6 Å². The molecule has 0 bridgehead atoms. The molecule has 0 aromatic carbocycles. The lowest BCUT2D eigenvalue weighted by Crippen LogP contribution is -2.30. The van der Waals surface area contributed by atoms with Gasteiger partial charge in [-0.3, -0.25) is 0 Å². The van der Waals surface area contributed by atoms with E-state index in [2.05, 4.69) is 4.98 Å². The minimum Gasteiger partial charge on any atom is -0.241 e. The average molecular weight is 253 g/mol. The first-order chi connectivity index (χ1) is 7.00. The Morgan fingerprint density at radius 2 is 2.27 bits per heavy atom. The van der Waals surface area contributed by atoms with Crippen LogP contribution in [-0.2, 0) is 10.0 Å². The van der Waals surface area contributed by atoms with E-state index in [0.717, 1.165) is 10.4 Å². The zero-order valence-electron chi connectivity index (χ0n) is 8.02. The average Bonchev–Trinajstić information content (AvgIpc) is 2.18. The molecule has 0 aliphatic carbocycles. The van der Waals surface area contributed by atoms with Crippen molar-refractivity contribution in [2.75, 3.05) is 19.5 Å². The van der Waals surface area contributed by atoms with Crippen molar-refractivity contribution in [1.82, 2.24) is 9.29 Å². The van der Waals surface area contributed by atoms with E-state index in [4.69, 9.17) is 11.6 Å². The molecule has 0 aliphatic rings. The molecule has 1 rings (SSSR count). The minimum absolute atomic E-state index is 0.111. The van der Waals surface area contributed by atoms with Gasteiger partial charge >= 0.3 is 0 Å². The van der Waals surface area contributed by atoms with Gasteiger partial charge < -0.3 is 0 Å². The van der Waals surface area contributed by atoms with Gasteiger partial charge in [0.25, 0.3) is 10.0 Å². The van der Waals surface area contributed by atoms with E-state index in [9.17, 15) is 12.8 Å². The zero-order valence-corrected chi connectivity index (χ0v) is 9.59. The molecule has 0 N–H and O–H groups in total. The highest BCUT2D eigenvalue weighted by Crippen LogP contribution is 2.14. The lowest BCUT2D eigenvalue weighted by molar-refractivity contribution is 0.473. The zero-order chi connectivity index (χ0) is 11.5. The van der Waals surface area contributed by atoms with Gasteiger partial charge in [0.15, 0.2) is 5.82 Å². The highest BCUT2D eigenvalue weighted by Gasteiger charge is 2.25. The van der Waals surface area contributed by atoms with Crippen LogP contribution in [-0.4, -0.2) is 37.2 Å². The van der Waals surface area contributed by atoms with Gasteiger partial charge in [-0.1, -0.05) is 0 Å². The summed E-state index contributed by atoms with van der Waals surface area (Å²) in [5, 5.41) is -0.572. The largest absolute Gasteiger partial charge is 0.263 e. The number of sulfonamides is 1. The Morgan fingerprint density at radius 3 is 2.80 bits per heavy atom. The molecule has 4 nitrogen and oxygen atoms in total. The molecule has 1 aromatic rings. The summed E-state index contributed by atoms with van der Waals surface area (Å²) in [5.41, 5.74) is 0. The Kier molecular flexibility index (Phi) is 4.01. The second-order valence-electron chi connectivity index (χ2n) is 2.81. The van der Waals surface area contributed by atoms with Crippen LogP contribution in [0.4, 0.5) is 4.39 Å². The van der Waals surface area contributed by atoms with Crippen LogP contribution in [0, 0.1) is 5.82 Å². The van der Waals surface area contributed by atoms with Crippen molar-refractivity contribution in [2.45, 2.75) is 5.03 Å². The van der Waals surface area contributed by atoms with E-state index in [1.807, 2.05) is 0 Å². The van der Waals surface area contributed by atoms with Crippen LogP contribution in [0.2, 0.25) is 0 Å². The molecule has 0 fully saturated rings. The van der Waals surface area contributed by atoms with Crippen LogP contribution in [0.15, 0.2) is 23.4 Å². The SMILES string of the molecule is CN(CCCl)S(=O)(=O)c1ncccc1F. The van der Waals surface area contributed by atoms with Crippen molar-refractivity contribution in [2.24, 2.45) is 0 Å². The Bertz CT molecular complexity index is 438. The smallest absolute Gasteiger partial charge is 0.241 e. The topological polar surface area (TPSA) is 50.3 Å². The van der Waals surface area contributed by atoms with Gasteiger partial charge in [0.2, 0.25) is 5.03 Å². The van der Waals surface area contributed by atoms with E-state index in [1.165, 1.54) is 19.3 Å². The molecule has 0 amide bonds. The van der Waals surface area contributed by atoms with Crippen LogP contribution in [0.25, 0.3) is 0 Å². The molecule has 84 valence electrons. The first-order valence-electron chi connectivity index (χ1n) is 4.13. The molecular weight excluding hydrogens is 243 g/mol. The molecule has 0 atom stereocenters. The molecule has 0 radical (unpaired) electrons. The van der Waals surface area contributed by atoms with Gasteiger partial charge in [0.1, 0.15) is 0 Å². The fourth-order valence-corrected chi connectivity index (χ4v) is 2.44. The molecule has 1 aromatic heterocycles. The normalized spacial score (nSPS) is 12.0. The number of aromatic nitrogens is 1. The van der Waals surface area contributed by atoms with Gasteiger partial charge in [-0.2, -0.15) is 4.31 Å². The summed E-state index contributed by atoms with van der Waals surface area (Å²) in [5.74, 6) is -0.719. The van der Waals surface area contributed by atoms with Gasteiger partial charge in [-0.05, 0) is 12.1 Å². The van der Waals surface area contributed by atoms with Crippen molar-refractivity contribution < 1.29 is 12.8 Å². The summed E-state index contributed by atoms with van der Waals surface area (Å²) in [7, 11) is -2.54. The highest BCUT2D eigenvalue weighted by molar-refractivity contribution is 7.89. The molecule has 0 saturated carbocycles. The lowest BCUT2D eigenvalue weighted by Gasteiger charge is -2.14. The molecule has 15 heavy (non-hydrogen) atoms.